The maximum atomic E-state index is 13.8. The molecular weight excluding hydrogens is 382 g/mol. The summed E-state index contributed by atoms with van der Waals surface area (Å²) in [6, 6.07) is 7.85. The number of halogens is 2. The van der Waals surface area contributed by atoms with Crippen molar-refractivity contribution < 1.29 is 18.3 Å². The molecule has 2 N–H and O–H groups in total. The standard InChI is InChI=1S/C19H18F2N6O2/c20-13-3-1-2-4-15(13)29-17-9-16(24-11-25-17)27-7-5-12(6-8-27)28-19-23-10-14(21)18(22)26-19/h1-4,9-12H,5-8H2,(H2,22,23,26). The van der Waals surface area contributed by atoms with E-state index in [1.807, 2.05) is 0 Å². The summed E-state index contributed by atoms with van der Waals surface area (Å²) in [5.41, 5.74) is 5.44. The molecule has 1 fully saturated rings. The Bertz CT molecular complexity index is 998. The predicted octanol–water partition coefficient (Wildman–Crippen LogP) is 2.97. The Morgan fingerprint density at radius 2 is 1.83 bits per heavy atom. The van der Waals surface area contributed by atoms with Crippen molar-refractivity contribution in [3.05, 3.63) is 54.5 Å². The average Bonchev–Trinajstić information content (AvgIpc) is 2.73. The van der Waals surface area contributed by atoms with Gasteiger partial charge in [-0.15, -0.1) is 0 Å². The molecule has 29 heavy (non-hydrogen) atoms. The maximum absolute atomic E-state index is 13.8. The number of nitrogens with two attached hydrogens (primary N) is 1. The first kappa shape index (κ1) is 18.8. The summed E-state index contributed by atoms with van der Waals surface area (Å²) in [7, 11) is 0. The summed E-state index contributed by atoms with van der Waals surface area (Å²) in [6.45, 7) is 1.33. The molecule has 0 aliphatic carbocycles. The first-order valence-corrected chi connectivity index (χ1v) is 9.02. The van der Waals surface area contributed by atoms with Crippen LogP contribution in [-0.2, 0) is 0 Å². The Hall–Kier alpha value is -3.56. The molecule has 1 aliphatic rings. The first-order chi connectivity index (χ1) is 14.1. The third kappa shape index (κ3) is 4.48. The van der Waals surface area contributed by atoms with Crippen LogP contribution in [0.4, 0.5) is 20.4 Å². The van der Waals surface area contributed by atoms with Crippen LogP contribution >= 0.6 is 0 Å². The van der Waals surface area contributed by atoms with Gasteiger partial charge >= 0.3 is 6.01 Å². The van der Waals surface area contributed by atoms with Crippen molar-refractivity contribution in [2.45, 2.75) is 18.9 Å². The van der Waals surface area contributed by atoms with Crippen molar-refractivity contribution in [2.24, 2.45) is 0 Å². The summed E-state index contributed by atoms with van der Waals surface area (Å²) < 4.78 is 38.1. The van der Waals surface area contributed by atoms with E-state index in [1.54, 1.807) is 18.2 Å². The van der Waals surface area contributed by atoms with E-state index in [4.69, 9.17) is 15.2 Å². The van der Waals surface area contributed by atoms with Gasteiger partial charge in [-0.1, -0.05) is 12.1 Å². The predicted molar refractivity (Wildman–Crippen MR) is 101 cm³/mol. The van der Waals surface area contributed by atoms with Gasteiger partial charge in [0.25, 0.3) is 0 Å². The molecule has 1 aromatic carbocycles. The second-order valence-electron chi connectivity index (χ2n) is 6.44. The molecular formula is C19H18F2N6O2. The number of hydrogen-bond acceptors (Lipinski definition) is 8. The van der Waals surface area contributed by atoms with Crippen LogP contribution in [0.3, 0.4) is 0 Å². The number of aromatic nitrogens is 4. The molecule has 150 valence electrons. The highest BCUT2D eigenvalue weighted by atomic mass is 19.1. The Balaban J connectivity index is 1.37. The largest absolute Gasteiger partial charge is 0.460 e. The third-order valence-electron chi connectivity index (χ3n) is 4.47. The number of nitrogen functional groups attached to an aromatic ring is 1. The van der Waals surface area contributed by atoms with E-state index in [0.717, 1.165) is 6.20 Å². The van der Waals surface area contributed by atoms with Gasteiger partial charge in [0.2, 0.25) is 5.88 Å². The number of benzene rings is 1. The number of nitrogens with zero attached hydrogens (tertiary/aromatic N) is 5. The van der Waals surface area contributed by atoms with Gasteiger partial charge in [-0.05, 0) is 12.1 Å². The zero-order valence-electron chi connectivity index (χ0n) is 15.3. The van der Waals surface area contributed by atoms with Gasteiger partial charge in [-0.2, -0.15) is 4.98 Å². The van der Waals surface area contributed by atoms with Gasteiger partial charge in [-0.25, -0.2) is 23.7 Å². The molecule has 0 radical (unpaired) electrons. The molecule has 10 heteroatoms. The van der Waals surface area contributed by atoms with Crippen LogP contribution in [0.1, 0.15) is 12.8 Å². The van der Waals surface area contributed by atoms with Crippen molar-refractivity contribution in [3.63, 3.8) is 0 Å². The summed E-state index contributed by atoms with van der Waals surface area (Å²) in [5.74, 6) is -0.349. The minimum absolute atomic E-state index is 0.0601. The average molecular weight is 400 g/mol. The number of rotatable bonds is 5. The second kappa shape index (κ2) is 8.21. The van der Waals surface area contributed by atoms with Gasteiger partial charge in [0.1, 0.15) is 18.2 Å². The second-order valence-corrected chi connectivity index (χ2v) is 6.44. The van der Waals surface area contributed by atoms with E-state index in [9.17, 15) is 8.78 Å². The third-order valence-corrected chi connectivity index (χ3v) is 4.47. The molecule has 1 aliphatic heterocycles. The van der Waals surface area contributed by atoms with Crippen LogP contribution in [0, 0.1) is 11.6 Å². The molecule has 0 saturated carbocycles. The Morgan fingerprint density at radius 3 is 2.59 bits per heavy atom. The van der Waals surface area contributed by atoms with Crippen molar-refractivity contribution in [3.8, 4) is 17.6 Å². The smallest absolute Gasteiger partial charge is 0.318 e. The number of piperidine rings is 1. The molecule has 0 spiro atoms. The first-order valence-electron chi connectivity index (χ1n) is 9.02. The minimum Gasteiger partial charge on any atom is -0.460 e. The molecule has 4 rings (SSSR count). The van der Waals surface area contributed by atoms with Gasteiger partial charge < -0.3 is 20.1 Å². The fraction of sp³-hybridized carbons (Fsp3) is 0.263. The number of hydrogen-bond donors (Lipinski definition) is 1. The molecule has 0 unspecified atom stereocenters. The van der Waals surface area contributed by atoms with E-state index in [0.29, 0.717) is 31.7 Å². The van der Waals surface area contributed by atoms with Crippen LogP contribution in [0.2, 0.25) is 0 Å². The summed E-state index contributed by atoms with van der Waals surface area (Å²) in [5, 5.41) is 0. The zero-order valence-corrected chi connectivity index (χ0v) is 15.3. The van der Waals surface area contributed by atoms with Crippen molar-refractivity contribution in [2.75, 3.05) is 23.7 Å². The van der Waals surface area contributed by atoms with E-state index in [1.165, 1.54) is 18.5 Å². The van der Waals surface area contributed by atoms with Crippen LogP contribution in [0.15, 0.2) is 42.9 Å². The van der Waals surface area contributed by atoms with Crippen LogP contribution in [0.5, 0.6) is 17.6 Å². The molecule has 0 atom stereocenters. The topological polar surface area (TPSA) is 99.3 Å². The zero-order chi connectivity index (χ0) is 20.2. The minimum atomic E-state index is -0.677. The summed E-state index contributed by atoms with van der Waals surface area (Å²) in [4.78, 5) is 18.0. The monoisotopic (exact) mass is 400 g/mol. The highest BCUT2D eigenvalue weighted by Gasteiger charge is 2.23. The van der Waals surface area contributed by atoms with E-state index in [-0.39, 0.29) is 29.6 Å². The molecule has 3 heterocycles. The molecule has 0 amide bonds. The summed E-state index contributed by atoms with van der Waals surface area (Å²) >= 11 is 0. The lowest BCUT2D eigenvalue weighted by molar-refractivity contribution is 0.156. The Kier molecular flexibility index (Phi) is 5.32. The van der Waals surface area contributed by atoms with Crippen LogP contribution in [-0.4, -0.2) is 39.1 Å². The number of para-hydroxylation sites is 1. The quantitative estimate of drug-likeness (QED) is 0.698. The van der Waals surface area contributed by atoms with Crippen LogP contribution in [0.25, 0.3) is 0 Å². The number of ether oxygens (including phenoxy) is 2. The van der Waals surface area contributed by atoms with Crippen molar-refractivity contribution in [1.29, 1.82) is 0 Å². The molecule has 3 aromatic rings. The fourth-order valence-corrected chi connectivity index (χ4v) is 2.97. The van der Waals surface area contributed by atoms with Gasteiger partial charge in [-0.3, -0.25) is 0 Å². The fourth-order valence-electron chi connectivity index (χ4n) is 2.97. The number of anilines is 2. The molecule has 0 bridgehead atoms. The SMILES string of the molecule is Nc1nc(OC2CCN(c3cc(Oc4ccccc4F)ncn3)CC2)ncc1F. The van der Waals surface area contributed by atoms with E-state index in [2.05, 4.69) is 24.8 Å². The maximum Gasteiger partial charge on any atom is 0.318 e. The van der Waals surface area contributed by atoms with E-state index >= 15 is 0 Å². The molecule has 2 aromatic heterocycles. The Morgan fingerprint density at radius 1 is 1.03 bits per heavy atom. The highest BCUT2D eigenvalue weighted by molar-refractivity contribution is 5.42. The lowest BCUT2D eigenvalue weighted by atomic mass is 10.1. The van der Waals surface area contributed by atoms with Crippen molar-refractivity contribution >= 4 is 11.6 Å². The van der Waals surface area contributed by atoms with E-state index < -0.39 is 11.6 Å². The van der Waals surface area contributed by atoms with Gasteiger partial charge in [0.05, 0.1) is 6.20 Å². The van der Waals surface area contributed by atoms with Gasteiger partial charge in [0.15, 0.2) is 23.2 Å². The normalized spacial score (nSPS) is 14.6. The van der Waals surface area contributed by atoms with Crippen molar-refractivity contribution in [1.82, 2.24) is 19.9 Å². The molecule has 1 saturated heterocycles. The molecule has 8 nitrogen and oxygen atoms in total. The lowest BCUT2D eigenvalue weighted by Gasteiger charge is -2.32. The Labute approximate surface area is 165 Å². The summed E-state index contributed by atoms with van der Waals surface area (Å²) in [6.07, 6.45) is 3.63. The van der Waals surface area contributed by atoms with Gasteiger partial charge in [0, 0.05) is 32.0 Å². The lowest BCUT2D eigenvalue weighted by Crippen LogP contribution is -2.39. The van der Waals surface area contributed by atoms with Crippen LogP contribution < -0.4 is 20.1 Å². The highest BCUT2D eigenvalue weighted by Crippen LogP contribution is 2.26.